The lowest BCUT2D eigenvalue weighted by molar-refractivity contribution is 0.132. The van der Waals surface area contributed by atoms with Crippen LogP contribution in [-0.2, 0) is 12.8 Å². The highest BCUT2D eigenvalue weighted by Gasteiger charge is 2.16. The predicted octanol–water partition coefficient (Wildman–Crippen LogP) is 2.89. The summed E-state index contributed by atoms with van der Waals surface area (Å²) >= 11 is 0. The lowest BCUT2D eigenvalue weighted by atomic mass is 10.1. The number of ether oxygens (including phenoxy) is 2. The third-order valence-electron chi connectivity index (χ3n) is 5.23. The van der Waals surface area contributed by atoms with Gasteiger partial charge in [-0.05, 0) is 37.1 Å². The number of methoxy groups -OCH3 is 2. The number of aryl methyl sites for hydroxylation is 1. The van der Waals surface area contributed by atoms with Crippen LogP contribution in [0.15, 0.2) is 42.5 Å². The molecule has 27 heavy (non-hydrogen) atoms. The summed E-state index contributed by atoms with van der Waals surface area (Å²) in [6, 6.07) is 14.7. The Balaban J connectivity index is 1.36. The SMILES string of the molecule is COc1ccc(CCN2CCN(CCCc3ccccc3)CC2)nc1OC. The van der Waals surface area contributed by atoms with E-state index in [2.05, 4.69) is 45.1 Å². The van der Waals surface area contributed by atoms with Crippen molar-refractivity contribution in [2.24, 2.45) is 0 Å². The van der Waals surface area contributed by atoms with Gasteiger partial charge in [-0.1, -0.05) is 30.3 Å². The molecule has 1 saturated heterocycles. The molecule has 0 saturated carbocycles. The van der Waals surface area contributed by atoms with Gasteiger partial charge in [-0.25, -0.2) is 4.98 Å². The standard InChI is InChI=1S/C22H31N3O2/c1-26-21-11-10-20(23-22(21)27-2)12-14-25-17-15-24(16-18-25)13-6-9-19-7-4-3-5-8-19/h3-5,7-8,10-11H,6,9,12-18H2,1-2H3. The topological polar surface area (TPSA) is 37.8 Å². The number of aromatic nitrogens is 1. The molecular formula is C22H31N3O2. The van der Waals surface area contributed by atoms with Crippen LogP contribution in [-0.4, -0.2) is 68.3 Å². The predicted molar refractivity (Wildman–Crippen MR) is 109 cm³/mol. The van der Waals surface area contributed by atoms with Gasteiger partial charge >= 0.3 is 0 Å². The second-order valence-electron chi connectivity index (χ2n) is 7.04. The highest BCUT2D eigenvalue weighted by Crippen LogP contribution is 2.24. The minimum Gasteiger partial charge on any atom is -0.491 e. The first-order chi connectivity index (χ1) is 13.3. The average Bonchev–Trinajstić information content (AvgIpc) is 2.73. The molecule has 2 heterocycles. The van der Waals surface area contributed by atoms with Gasteiger partial charge in [0.2, 0.25) is 0 Å². The first-order valence-corrected chi connectivity index (χ1v) is 9.85. The van der Waals surface area contributed by atoms with Gasteiger partial charge in [0, 0.05) is 44.8 Å². The maximum Gasteiger partial charge on any atom is 0.256 e. The Morgan fingerprint density at radius 3 is 2.19 bits per heavy atom. The molecule has 0 aliphatic carbocycles. The maximum absolute atomic E-state index is 5.30. The van der Waals surface area contributed by atoms with E-state index in [1.807, 2.05) is 12.1 Å². The zero-order valence-electron chi connectivity index (χ0n) is 16.6. The number of pyridine rings is 1. The van der Waals surface area contributed by atoms with Crippen molar-refractivity contribution in [2.75, 3.05) is 53.5 Å². The van der Waals surface area contributed by atoms with E-state index >= 15 is 0 Å². The second kappa shape index (κ2) is 10.3. The van der Waals surface area contributed by atoms with E-state index in [1.54, 1.807) is 14.2 Å². The molecule has 1 aromatic carbocycles. The van der Waals surface area contributed by atoms with Crippen LogP contribution in [0.25, 0.3) is 0 Å². The zero-order valence-corrected chi connectivity index (χ0v) is 16.6. The molecule has 0 bridgehead atoms. The molecule has 0 unspecified atom stereocenters. The molecule has 0 atom stereocenters. The molecule has 0 radical (unpaired) electrons. The minimum atomic E-state index is 0.568. The Bertz CT molecular complexity index is 685. The lowest BCUT2D eigenvalue weighted by Crippen LogP contribution is -2.47. The fourth-order valence-electron chi connectivity index (χ4n) is 3.57. The molecule has 1 aliphatic heterocycles. The number of hydrogen-bond donors (Lipinski definition) is 0. The number of hydrogen-bond acceptors (Lipinski definition) is 5. The maximum atomic E-state index is 5.30. The molecule has 5 heteroatoms. The fourth-order valence-corrected chi connectivity index (χ4v) is 3.57. The van der Waals surface area contributed by atoms with Crippen LogP contribution in [0, 0.1) is 0 Å². The number of nitrogens with zero attached hydrogens (tertiary/aromatic N) is 3. The molecule has 5 nitrogen and oxygen atoms in total. The number of benzene rings is 1. The van der Waals surface area contributed by atoms with Crippen LogP contribution >= 0.6 is 0 Å². The average molecular weight is 370 g/mol. The van der Waals surface area contributed by atoms with Crippen LogP contribution in [0.1, 0.15) is 17.7 Å². The van der Waals surface area contributed by atoms with Crippen molar-refractivity contribution in [2.45, 2.75) is 19.3 Å². The Morgan fingerprint density at radius 1 is 0.815 bits per heavy atom. The summed E-state index contributed by atoms with van der Waals surface area (Å²) in [5.74, 6) is 1.25. The molecule has 1 aliphatic rings. The summed E-state index contributed by atoms with van der Waals surface area (Å²) in [7, 11) is 3.27. The summed E-state index contributed by atoms with van der Waals surface area (Å²) < 4.78 is 10.6. The number of piperazine rings is 1. The van der Waals surface area contributed by atoms with Crippen LogP contribution in [0.2, 0.25) is 0 Å². The van der Waals surface area contributed by atoms with E-state index in [-0.39, 0.29) is 0 Å². The van der Waals surface area contributed by atoms with Crippen LogP contribution in [0.4, 0.5) is 0 Å². The fraction of sp³-hybridized carbons (Fsp3) is 0.500. The van der Waals surface area contributed by atoms with Crippen molar-refractivity contribution in [3.63, 3.8) is 0 Å². The monoisotopic (exact) mass is 369 g/mol. The van der Waals surface area contributed by atoms with E-state index < -0.39 is 0 Å². The van der Waals surface area contributed by atoms with Gasteiger partial charge in [0.25, 0.3) is 5.88 Å². The van der Waals surface area contributed by atoms with Gasteiger partial charge in [-0.15, -0.1) is 0 Å². The zero-order chi connectivity index (χ0) is 18.9. The van der Waals surface area contributed by atoms with Crippen molar-refractivity contribution < 1.29 is 9.47 Å². The highest BCUT2D eigenvalue weighted by atomic mass is 16.5. The lowest BCUT2D eigenvalue weighted by Gasteiger charge is -2.34. The summed E-state index contributed by atoms with van der Waals surface area (Å²) in [5, 5.41) is 0. The summed E-state index contributed by atoms with van der Waals surface area (Å²) in [4.78, 5) is 9.67. The van der Waals surface area contributed by atoms with E-state index in [9.17, 15) is 0 Å². The molecule has 146 valence electrons. The van der Waals surface area contributed by atoms with Crippen molar-refractivity contribution >= 4 is 0 Å². The van der Waals surface area contributed by atoms with E-state index in [4.69, 9.17) is 9.47 Å². The smallest absolute Gasteiger partial charge is 0.256 e. The van der Waals surface area contributed by atoms with Gasteiger partial charge in [-0.2, -0.15) is 0 Å². The van der Waals surface area contributed by atoms with E-state index in [1.165, 1.54) is 24.9 Å². The Hall–Kier alpha value is -2.11. The third-order valence-corrected chi connectivity index (χ3v) is 5.23. The van der Waals surface area contributed by atoms with Gasteiger partial charge in [0.05, 0.1) is 14.2 Å². The van der Waals surface area contributed by atoms with Gasteiger partial charge in [-0.3, -0.25) is 0 Å². The Labute approximate surface area is 162 Å². The first-order valence-electron chi connectivity index (χ1n) is 9.85. The summed E-state index contributed by atoms with van der Waals surface area (Å²) in [5.41, 5.74) is 2.50. The number of rotatable bonds is 9. The largest absolute Gasteiger partial charge is 0.491 e. The Kier molecular flexibility index (Phi) is 7.48. The van der Waals surface area contributed by atoms with Gasteiger partial charge in [0.1, 0.15) is 0 Å². The molecular weight excluding hydrogens is 338 g/mol. The van der Waals surface area contributed by atoms with Crippen molar-refractivity contribution in [3.8, 4) is 11.6 Å². The molecule has 2 aromatic rings. The van der Waals surface area contributed by atoms with Gasteiger partial charge < -0.3 is 19.3 Å². The molecule has 0 spiro atoms. The molecule has 1 fully saturated rings. The van der Waals surface area contributed by atoms with E-state index in [0.29, 0.717) is 11.6 Å². The Morgan fingerprint density at radius 2 is 1.52 bits per heavy atom. The summed E-state index contributed by atoms with van der Waals surface area (Å²) in [6.45, 7) is 6.83. The van der Waals surface area contributed by atoms with E-state index in [0.717, 1.165) is 44.8 Å². The van der Waals surface area contributed by atoms with Crippen LogP contribution < -0.4 is 9.47 Å². The normalized spacial score (nSPS) is 15.6. The molecule has 0 amide bonds. The first kappa shape index (κ1) is 19.6. The van der Waals surface area contributed by atoms with Crippen LogP contribution in [0.5, 0.6) is 11.6 Å². The third kappa shape index (κ3) is 5.94. The molecule has 1 aromatic heterocycles. The second-order valence-corrected chi connectivity index (χ2v) is 7.04. The quantitative estimate of drug-likeness (QED) is 0.679. The summed E-state index contributed by atoms with van der Waals surface area (Å²) in [6.07, 6.45) is 3.35. The highest BCUT2D eigenvalue weighted by molar-refractivity contribution is 5.34. The van der Waals surface area contributed by atoms with Crippen molar-refractivity contribution in [1.82, 2.24) is 14.8 Å². The minimum absolute atomic E-state index is 0.568. The van der Waals surface area contributed by atoms with Crippen molar-refractivity contribution in [3.05, 3.63) is 53.7 Å². The molecule has 3 rings (SSSR count). The molecule has 0 N–H and O–H groups in total. The van der Waals surface area contributed by atoms with Crippen LogP contribution in [0.3, 0.4) is 0 Å². The van der Waals surface area contributed by atoms with Gasteiger partial charge in [0.15, 0.2) is 5.75 Å². The van der Waals surface area contributed by atoms with Crippen molar-refractivity contribution in [1.29, 1.82) is 0 Å².